The average Bonchev–Trinajstić information content (AvgIpc) is 3.17. The number of nitrogens with one attached hydrogen (secondary N) is 2. The first kappa shape index (κ1) is 17.5. The smallest absolute Gasteiger partial charge is 0.353 e. The van der Waals surface area contributed by atoms with Crippen LogP contribution in [-0.4, -0.2) is 34.0 Å². The molecule has 2 unspecified atom stereocenters. The van der Waals surface area contributed by atoms with Gasteiger partial charge in [0.25, 0.3) is 0 Å². The minimum Gasteiger partial charge on any atom is -0.353 e. The Balaban J connectivity index is 1.55. The summed E-state index contributed by atoms with van der Waals surface area (Å²) in [4.78, 5) is 12.1. The van der Waals surface area contributed by atoms with E-state index in [2.05, 4.69) is 31.7 Å². The summed E-state index contributed by atoms with van der Waals surface area (Å²) in [5.74, 6) is 0.592. The zero-order valence-corrected chi connectivity index (χ0v) is 13.4. The van der Waals surface area contributed by atoms with Crippen molar-refractivity contribution in [3.63, 3.8) is 0 Å². The van der Waals surface area contributed by atoms with Crippen LogP contribution < -0.4 is 5.32 Å². The molecule has 2 atom stereocenters. The maximum Gasteiger partial charge on any atom is 0.395 e. The molecule has 2 N–H and O–H groups in total. The molecule has 134 valence electrons. The van der Waals surface area contributed by atoms with E-state index in [4.69, 9.17) is 6.42 Å². The number of terminal acetylenes is 1. The van der Waals surface area contributed by atoms with Gasteiger partial charge in [-0.2, -0.15) is 28.5 Å². The molecule has 3 rings (SSSR count). The summed E-state index contributed by atoms with van der Waals surface area (Å²) in [7, 11) is 0. The van der Waals surface area contributed by atoms with Gasteiger partial charge in [0.15, 0.2) is 5.66 Å². The van der Waals surface area contributed by atoms with Crippen molar-refractivity contribution in [3.05, 3.63) is 17.5 Å². The van der Waals surface area contributed by atoms with Gasteiger partial charge in [0.2, 0.25) is 5.91 Å². The average molecular weight is 353 g/mol. The van der Waals surface area contributed by atoms with Gasteiger partial charge in [-0.25, -0.2) is 0 Å². The largest absolute Gasteiger partial charge is 0.395 e. The lowest BCUT2D eigenvalue weighted by Gasteiger charge is -2.30. The van der Waals surface area contributed by atoms with Crippen LogP contribution in [0.4, 0.5) is 13.2 Å². The Morgan fingerprint density at radius 3 is 2.84 bits per heavy atom. The van der Waals surface area contributed by atoms with Gasteiger partial charge in [-0.3, -0.25) is 9.89 Å². The molecule has 0 bridgehead atoms. The van der Waals surface area contributed by atoms with Crippen molar-refractivity contribution in [2.75, 3.05) is 0 Å². The van der Waals surface area contributed by atoms with Crippen LogP contribution in [0.3, 0.4) is 0 Å². The number of halogens is 3. The fourth-order valence-corrected chi connectivity index (χ4v) is 3.23. The maximum atomic E-state index is 13.2. The SMILES string of the molecule is C#CCCC1(CCC(=O)NC2Cc3[nH]ncc3C(C(F)(F)F)C2)N=N1. The second kappa shape index (κ2) is 6.50. The highest BCUT2D eigenvalue weighted by Gasteiger charge is 2.46. The van der Waals surface area contributed by atoms with Crippen molar-refractivity contribution >= 4 is 5.91 Å². The van der Waals surface area contributed by atoms with Gasteiger partial charge < -0.3 is 5.32 Å². The van der Waals surface area contributed by atoms with E-state index >= 15 is 0 Å². The van der Waals surface area contributed by atoms with E-state index in [0.717, 1.165) is 0 Å². The number of nitrogens with zero attached hydrogens (tertiary/aromatic N) is 3. The molecule has 2 aliphatic rings. The van der Waals surface area contributed by atoms with Crippen LogP contribution in [0.15, 0.2) is 16.4 Å². The second-order valence-electron chi connectivity index (χ2n) is 6.49. The molecule has 9 heteroatoms. The predicted octanol–water partition coefficient (Wildman–Crippen LogP) is 2.84. The van der Waals surface area contributed by atoms with E-state index in [-0.39, 0.29) is 24.3 Å². The Kier molecular flexibility index (Phi) is 4.54. The lowest BCUT2D eigenvalue weighted by molar-refractivity contribution is -0.155. The Hall–Kier alpha value is -2.37. The molecule has 1 amide bonds. The van der Waals surface area contributed by atoms with Gasteiger partial charge >= 0.3 is 6.18 Å². The standard InChI is InChI=1S/C16H18F3N5O/c1-2-3-5-15(23-24-15)6-4-14(25)21-10-7-12(16(17,18)19)11-9-20-22-13(11)8-10/h1,9-10,12H,3-8H2,(H,20,22)(H,21,25). The summed E-state index contributed by atoms with van der Waals surface area (Å²) in [5, 5.41) is 16.9. The van der Waals surface area contributed by atoms with Crippen molar-refractivity contribution in [1.82, 2.24) is 15.5 Å². The third-order valence-corrected chi connectivity index (χ3v) is 4.66. The van der Waals surface area contributed by atoms with E-state index < -0.39 is 23.8 Å². The zero-order chi connectivity index (χ0) is 18.1. The summed E-state index contributed by atoms with van der Waals surface area (Å²) in [6, 6.07) is -0.582. The first-order valence-electron chi connectivity index (χ1n) is 8.09. The van der Waals surface area contributed by atoms with E-state index in [1.807, 2.05) is 0 Å². The highest BCUT2D eigenvalue weighted by molar-refractivity contribution is 5.76. The quantitative estimate of drug-likeness (QED) is 0.771. The lowest BCUT2D eigenvalue weighted by Crippen LogP contribution is -2.42. The van der Waals surface area contributed by atoms with E-state index in [1.165, 1.54) is 6.20 Å². The van der Waals surface area contributed by atoms with Crippen molar-refractivity contribution in [2.45, 2.75) is 62.3 Å². The normalized spacial score (nSPS) is 23.6. The van der Waals surface area contributed by atoms with E-state index in [0.29, 0.717) is 31.4 Å². The molecule has 0 saturated heterocycles. The molecule has 1 aliphatic heterocycles. The number of fused-ring (bicyclic) bond motifs is 1. The number of amides is 1. The van der Waals surface area contributed by atoms with Crippen molar-refractivity contribution < 1.29 is 18.0 Å². The minimum atomic E-state index is -4.37. The zero-order valence-electron chi connectivity index (χ0n) is 13.4. The van der Waals surface area contributed by atoms with Crippen LogP contribution in [0, 0.1) is 12.3 Å². The lowest BCUT2D eigenvalue weighted by atomic mass is 9.83. The van der Waals surface area contributed by atoms with E-state index in [1.54, 1.807) is 0 Å². The molecule has 0 fully saturated rings. The molecule has 1 aliphatic carbocycles. The van der Waals surface area contributed by atoms with Crippen molar-refractivity contribution in [3.8, 4) is 12.3 Å². The third kappa shape index (κ3) is 4.00. The Labute approximate surface area is 142 Å². The minimum absolute atomic E-state index is 0.153. The number of rotatable bonds is 6. The van der Waals surface area contributed by atoms with Crippen LogP contribution in [-0.2, 0) is 11.2 Å². The van der Waals surface area contributed by atoms with E-state index in [9.17, 15) is 18.0 Å². The van der Waals surface area contributed by atoms with Gasteiger partial charge in [-0.05, 0) is 6.42 Å². The van der Waals surface area contributed by atoms with Crippen molar-refractivity contribution in [1.29, 1.82) is 0 Å². The summed E-state index contributed by atoms with van der Waals surface area (Å²) >= 11 is 0. The Morgan fingerprint density at radius 1 is 1.44 bits per heavy atom. The topological polar surface area (TPSA) is 82.5 Å². The highest BCUT2D eigenvalue weighted by atomic mass is 19.4. The summed E-state index contributed by atoms with van der Waals surface area (Å²) in [6.45, 7) is 0. The molecule has 1 aromatic rings. The van der Waals surface area contributed by atoms with Crippen LogP contribution in [0.25, 0.3) is 0 Å². The van der Waals surface area contributed by atoms with Crippen LogP contribution in [0.5, 0.6) is 0 Å². The number of alkyl halides is 3. The molecule has 2 heterocycles. The number of carbonyl (C=O) groups is 1. The number of hydrogen-bond acceptors (Lipinski definition) is 4. The van der Waals surface area contributed by atoms with Gasteiger partial charge in [0.05, 0.1) is 12.1 Å². The molecular formula is C16H18F3N5O. The molecular weight excluding hydrogens is 335 g/mol. The predicted molar refractivity (Wildman–Crippen MR) is 82.5 cm³/mol. The van der Waals surface area contributed by atoms with Gasteiger partial charge in [0.1, 0.15) is 0 Å². The fraction of sp³-hybridized carbons (Fsp3) is 0.625. The third-order valence-electron chi connectivity index (χ3n) is 4.66. The first-order chi connectivity index (χ1) is 11.8. The number of aromatic amines is 1. The second-order valence-corrected chi connectivity index (χ2v) is 6.49. The molecule has 6 nitrogen and oxygen atoms in total. The number of hydrogen-bond donors (Lipinski definition) is 2. The Morgan fingerprint density at radius 2 is 2.20 bits per heavy atom. The number of aromatic nitrogens is 2. The summed E-state index contributed by atoms with van der Waals surface area (Å²) in [5.41, 5.74) is 0.0276. The van der Waals surface area contributed by atoms with Gasteiger partial charge in [-0.1, -0.05) is 0 Å². The number of H-pyrrole nitrogens is 1. The van der Waals surface area contributed by atoms with Crippen LogP contribution in [0.1, 0.15) is 49.3 Å². The molecule has 0 spiro atoms. The molecule has 25 heavy (non-hydrogen) atoms. The summed E-state index contributed by atoms with van der Waals surface area (Å²) < 4.78 is 39.7. The number of carbonyl (C=O) groups excluding carboxylic acids is 1. The monoisotopic (exact) mass is 353 g/mol. The molecule has 1 aromatic heterocycles. The highest BCUT2D eigenvalue weighted by Crippen LogP contribution is 2.42. The van der Waals surface area contributed by atoms with Gasteiger partial charge in [-0.15, -0.1) is 12.3 Å². The molecule has 0 aromatic carbocycles. The van der Waals surface area contributed by atoms with Crippen molar-refractivity contribution in [2.24, 2.45) is 10.2 Å². The van der Waals surface area contributed by atoms with Crippen LogP contribution >= 0.6 is 0 Å². The first-order valence-corrected chi connectivity index (χ1v) is 8.09. The Bertz CT molecular complexity index is 712. The molecule has 0 saturated carbocycles. The maximum absolute atomic E-state index is 13.2. The summed E-state index contributed by atoms with van der Waals surface area (Å²) in [6.07, 6.45) is 3.88. The molecule has 0 radical (unpaired) electrons. The van der Waals surface area contributed by atoms with Crippen LogP contribution in [0.2, 0.25) is 0 Å². The van der Waals surface area contributed by atoms with Gasteiger partial charge in [0, 0.05) is 49.4 Å². The fourth-order valence-electron chi connectivity index (χ4n) is 3.23.